The molecule has 2 rings (SSSR count). The molecule has 0 unspecified atom stereocenters. The summed E-state index contributed by atoms with van der Waals surface area (Å²) < 4.78 is 0. The van der Waals surface area contributed by atoms with Crippen molar-refractivity contribution in [3.63, 3.8) is 0 Å². The molecule has 0 aromatic rings. The van der Waals surface area contributed by atoms with Crippen molar-refractivity contribution in [1.82, 2.24) is 9.80 Å². The van der Waals surface area contributed by atoms with Crippen LogP contribution in [0.15, 0.2) is 0 Å². The minimum Gasteiger partial charge on any atom is -0.388 e. The topological polar surface area (TPSA) is 26.7 Å². The number of aliphatic hydroxyl groups is 1. The summed E-state index contributed by atoms with van der Waals surface area (Å²) in [4.78, 5) is 5.07. The third kappa shape index (κ3) is 3.46. The third-order valence-electron chi connectivity index (χ3n) is 4.69. The Hall–Kier alpha value is -0.120. The molecule has 2 heterocycles. The fourth-order valence-electron chi connectivity index (χ4n) is 3.29. The van der Waals surface area contributed by atoms with Gasteiger partial charge in [-0.1, -0.05) is 13.8 Å². The van der Waals surface area contributed by atoms with Gasteiger partial charge in [0, 0.05) is 13.1 Å². The van der Waals surface area contributed by atoms with E-state index in [2.05, 4.69) is 23.6 Å². The Morgan fingerprint density at radius 2 is 1.89 bits per heavy atom. The molecular weight excluding hydrogens is 224 g/mol. The molecule has 0 amide bonds. The van der Waals surface area contributed by atoms with Crippen LogP contribution >= 0.6 is 0 Å². The van der Waals surface area contributed by atoms with Crippen LogP contribution in [0.25, 0.3) is 0 Å². The van der Waals surface area contributed by atoms with E-state index >= 15 is 0 Å². The first-order chi connectivity index (χ1) is 8.49. The van der Waals surface area contributed by atoms with Gasteiger partial charge in [0.25, 0.3) is 0 Å². The Morgan fingerprint density at radius 1 is 1.22 bits per heavy atom. The molecule has 0 aromatic heterocycles. The SMILES string of the molecule is CC(C)CCN1CC[C@@](C)(O)[C@H](N2CCCC2)C1. The van der Waals surface area contributed by atoms with Crippen molar-refractivity contribution in [3.05, 3.63) is 0 Å². The lowest BCUT2D eigenvalue weighted by atomic mass is 9.87. The van der Waals surface area contributed by atoms with Crippen LogP contribution in [0.4, 0.5) is 0 Å². The molecule has 0 aromatic carbocycles. The number of nitrogens with zero attached hydrogens (tertiary/aromatic N) is 2. The van der Waals surface area contributed by atoms with Gasteiger partial charge in [-0.05, 0) is 58.2 Å². The number of hydrogen-bond acceptors (Lipinski definition) is 3. The van der Waals surface area contributed by atoms with Crippen LogP contribution in [-0.4, -0.2) is 59.3 Å². The molecule has 0 spiro atoms. The van der Waals surface area contributed by atoms with Crippen molar-refractivity contribution in [3.8, 4) is 0 Å². The average Bonchev–Trinajstić information content (AvgIpc) is 2.80. The molecule has 0 aliphatic carbocycles. The van der Waals surface area contributed by atoms with Gasteiger partial charge >= 0.3 is 0 Å². The summed E-state index contributed by atoms with van der Waals surface area (Å²) in [5.74, 6) is 0.776. The van der Waals surface area contributed by atoms with Crippen molar-refractivity contribution in [1.29, 1.82) is 0 Å². The lowest BCUT2D eigenvalue weighted by molar-refractivity contribution is -0.0764. The first-order valence-corrected chi connectivity index (χ1v) is 7.68. The quantitative estimate of drug-likeness (QED) is 0.831. The van der Waals surface area contributed by atoms with Gasteiger partial charge in [-0.15, -0.1) is 0 Å². The van der Waals surface area contributed by atoms with E-state index in [1.165, 1.54) is 38.9 Å². The van der Waals surface area contributed by atoms with Gasteiger partial charge in [0.15, 0.2) is 0 Å². The van der Waals surface area contributed by atoms with E-state index in [4.69, 9.17) is 0 Å². The van der Waals surface area contributed by atoms with Gasteiger partial charge in [0.05, 0.1) is 11.6 Å². The summed E-state index contributed by atoms with van der Waals surface area (Å²) in [5.41, 5.74) is -0.487. The predicted molar refractivity (Wildman–Crippen MR) is 75.7 cm³/mol. The van der Waals surface area contributed by atoms with Crippen molar-refractivity contribution in [2.45, 2.75) is 58.1 Å². The number of likely N-dealkylation sites (tertiary alicyclic amines) is 2. The predicted octanol–water partition coefficient (Wildman–Crippen LogP) is 1.95. The summed E-state index contributed by atoms with van der Waals surface area (Å²) in [7, 11) is 0. The molecule has 0 bridgehead atoms. The molecule has 2 aliphatic rings. The molecule has 3 nitrogen and oxygen atoms in total. The van der Waals surface area contributed by atoms with Crippen LogP contribution in [0.2, 0.25) is 0 Å². The minimum absolute atomic E-state index is 0.348. The van der Waals surface area contributed by atoms with E-state index in [1.54, 1.807) is 0 Å². The molecule has 2 saturated heterocycles. The molecule has 2 aliphatic heterocycles. The summed E-state index contributed by atoms with van der Waals surface area (Å²) in [5, 5.41) is 10.6. The standard InChI is InChI=1S/C15H30N2O/c1-13(2)6-10-16-11-7-15(3,18)14(12-16)17-8-4-5-9-17/h13-14,18H,4-12H2,1-3H3/t14-,15-/m1/s1. The first-order valence-electron chi connectivity index (χ1n) is 7.68. The zero-order valence-electron chi connectivity index (χ0n) is 12.4. The highest BCUT2D eigenvalue weighted by Gasteiger charge is 2.41. The zero-order chi connectivity index (χ0) is 13.2. The van der Waals surface area contributed by atoms with Crippen LogP contribution in [0, 0.1) is 5.92 Å². The van der Waals surface area contributed by atoms with Crippen LogP contribution in [0.1, 0.15) is 46.5 Å². The molecule has 0 radical (unpaired) electrons. The number of piperidine rings is 1. The fourth-order valence-corrected chi connectivity index (χ4v) is 3.29. The summed E-state index contributed by atoms with van der Waals surface area (Å²) >= 11 is 0. The Balaban J connectivity index is 1.91. The highest BCUT2D eigenvalue weighted by Crippen LogP contribution is 2.29. The highest BCUT2D eigenvalue weighted by atomic mass is 16.3. The normalized spacial score (nSPS) is 35.5. The Morgan fingerprint density at radius 3 is 2.50 bits per heavy atom. The largest absolute Gasteiger partial charge is 0.388 e. The molecule has 2 atom stereocenters. The van der Waals surface area contributed by atoms with E-state index in [0.717, 1.165) is 25.4 Å². The van der Waals surface area contributed by atoms with Gasteiger partial charge in [-0.3, -0.25) is 4.90 Å². The highest BCUT2D eigenvalue weighted by molar-refractivity contribution is 4.97. The van der Waals surface area contributed by atoms with Crippen LogP contribution in [0.3, 0.4) is 0 Å². The first kappa shape index (κ1) is 14.3. The number of rotatable bonds is 4. The molecule has 3 heteroatoms. The zero-order valence-corrected chi connectivity index (χ0v) is 12.4. The van der Waals surface area contributed by atoms with Gasteiger partial charge in [0.2, 0.25) is 0 Å². The maximum absolute atomic E-state index is 10.6. The molecule has 106 valence electrons. The molecule has 2 fully saturated rings. The monoisotopic (exact) mass is 254 g/mol. The molecule has 1 N–H and O–H groups in total. The van der Waals surface area contributed by atoms with Gasteiger partial charge in [-0.2, -0.15) is 0 Å². The van der Waals surface area contributed by atoms with E-state index in [1.807, 2.05) is 6.92 Å². The van der Waals surface area contributed by atoms with E-state index in [9.17, 15) is 5.11 Å². The van der Waals surface area contributed by atoms with Crippen molar-refractivity contribution >= 4 is 0 Å². The maximum atomic E-state index is 10.6. The van der Waals surface area contributed by atoms with Crippen LogP contribution in [-0.2, 0) is 0 Å². The van der Waals surface area contributed by atoms with Crippen molar-refractivity contribution in [2.75, 3.05) is 32.7 Å². The van der Waals surface area contributed by atoms with Gasteiger partial charge in [-0.25, -0.2) is 0 Å². The van der Waals surface area contributed by atoms with E-state index in [-0.39, 0.29) is 0 Å². The number of hydrogen-bond donors (Lipinski definition) is 1. The molecular formula is C15H30N2O. The van der Waals surface area contributed by atoms with Gasteiger partial charge < -0.3 is 10.0 Å². The second-order valence-corrected chi connectivity index (χ2v) is 6.85. The third-order valence-corrected chi connectivity index (χ3v) is 4.69. The Labute approximate surface area is 112 Å². The van der Waals surface area contributed by atoms with E-state index in [0.29, 0.717) is 6.04 Å². The van der Waals surface area contributed by atoms with Crippen LogP contribution in [0.5, 0.6) is 0 Å². The minimum atomic E-state index is -0.487. The Bertz CT molecular complexity index is 257. The second-order valence-electron chi connectivity index (χ2n) is 6.85. The average molecular weight is 254 g/mol. The van der Waals surface area contributed by atoms with E-state index < -0.39 is 5.60 Å². The molecule has 18 heavy (non-hydrogen) atoms. The summed E-state index contributed by atoms with van der Waals surface area (Å²) in [6.45, 7) is 12.3. The smallest absolute Gasteiger partial charge is 0.0798 e. The summed E-state index contributed by atoms with van der Waals surface area (Å²) in [6.07, 6.45) is 4.80. The lowest BCUT2D eigenvalue weighted by Gasteiger charge is -2.46. The van der Waals surface area contributed by atoms with Crippen molar-refractivity contribution < 1.29 is 5.11 Å². The van der Waals surface area contributed by atoms with Gasteiger partial charge in [0.1, 0.15) is 0 Å². The fraction of sp³-hybridized carbons (Fsp3) is 1.00. The van der Waals surface area contributed by atoms with Crippen LogP contribution < -0.4 is 0 Å². The lowest BCUT2D eigenvalue weighted by Crippen LogP contribution is -2.60. The summed E-state index contributed by atoms with van der Waals surface area (Å²) in [6, 6.07) is 0.348. The Kier molecular flexibility index (Phi) is 4.68. The molecule has 0 saturated carbocycles. The second kappa shape index (κ2) is 5.89. The maximum Gasteiger partial charge on any atom is 0.0798 e. The van der Waals surface area contributed by atoms with Crippen molar-refractivity contribution in [2.24, 2.45) is 5.92 Å².